The highest BCUT2D eigenvalue weighted by Gasteiger charge is 2.36. The van der Waals surface area contributed by atoms with Crippen LogP contribution in [0.3, 0.4) is 0 Å². The fourth-order valence-corrected chi connectivity index (χ4v) is 4.15. The van der Waals surface area contributed by atoms with E-state index in [1.165, 1.54) is 0 Å². The lowest BCUT2D eigenvalue weighted by atomic mass is 9.79. The van der Waals surface area contributed by atoms with Crippen LogP contribution in [-0.4, -0.2) is 47.9 Å². The van der Waals surface area contributed by atoms with Crippen LogP contribution in [0.25, 0.3) is 0 Å². The normalized spacial score (nSPS) is 18.7. The number of benzene rings is 1. The molecule has 1 aromatic rings. The molecule has 21 heavy (non-hydrogen) atoms. The number of rotatable bonds is 4. The van der Waals surface area contributed by atoms with Crippen LogP contribution >= 0.6 is 31.9 Å². The first kappa shape index (κ1) is 17.2. The molecule has 1 saturated heterocycles. The standard InChI is InChI=1S/C15H22Br2N2O2/c1-15(2,9-20)14(19-5-3-18-4-6-19)10-7-11(16)13(21)12(17)8-10/h7-8,14,18,20-21H,3-6,9H2,1-2H3/t14-/m1/s1. The largest absolute Gasteiger partial charge is 0.506 e. The Morgan fingerprint density at radius 1 is 1.24 bits per heavy atom. The van der Waals surface area contributed by atoms with Gasteiger partial charge in [0.2, 0.25) is 0 Å². The van der Waals surface area contributed by atoms with Gasteiger partial charge < -0.3 is 15.5 Å². The second-order valence-corrected chi connectivity index (χ2v) is 7.88. The van der Waals surface area contributed by atoms with Gasteiger partial charge in [0.15, 0.2) is 0 Å². The van der Waals surface area contributed by atoms with Gasteiger partial charge in [-0.05, 0) is 49.6 Å². The molecule has 0 aromatic heterocycles. The summed E-state index contributed by atoms with van der Waals surface area (Å²) in [4.78, 5) is 2.40. The van der Waals surface area contributed by atoms with Gasteiger partial charge in [-0.2, -0.15) is 0 Å². The number of halogens is 2. The highest BCUT2D eigenvalue weighted by atomic mass is 79.9. The van der Waals surface area contributed by atoms with E-state index in [-0.39, 0.29) is 23.8 Å². The smallest absolute Gasteiger partial charge is 0.143 e. The van der Waals surface area contributed by atoms with Gasteiger partial charge in [-0.3, -0.25) is 4.90 Å². The number of aliphatic hydroxyl groups is 1. The summed E-state index contributed by atoms with van der Waals surface area (Å²) in [5, 5.41) is 23.1. The number of phenols is 1. The lowest BCUT2D eigenvalue weighted by Crippen LogP contribution is -2.49. The highest BCUT2D eigenvalue weighted by Crippen LogP contribution is 2.42. The fourth-order valence-electron chi connectivity index (χ4n) is 2.93. The zero-order chi connectivity index (χ0) is 15.6. The predicted octanol–water partition coefficient (Wildman–Crippen LogP) is 2.88. The van der Waals surface area contributed by atoms with Crippen molar-refractivity contribution in [3.63, 3.8) is 0 Å². The molecule has 0 aliphatic carbocycles. The third-order valence-corrected chi connectivity index (χ3v) is 5.23. The van der Waals surface area contributed by atoms with Crippen molar-refractivity contribution in [2.24, 2.45) is 5.41 Å². The van der Waals surface area contributed by atoms with E-state index >= 15 is 0 Å². The summed E-state index contributed by atoms with van der Waals surface area (Å²) in [6.07, 6.45) is 0. The Morgan fingerprint density at radius 2 is 1.76 bits per heavy atom. The molecule has 0 bridgehead atoms. The average molecular weight is 422 g/mol. The van der Waals surface area contributed by atoms with Crippen LogP contribution in [0, 0.1) is 5.41 Å². The number of nitrogens with one attached hydrogen (secondary N) is 1. The number of aliphatic hydroxyl groups excluding tert-OH is 1. The van der Waals surface area contributed by atoms with Gasteiger partial charge in [0.25, 0.3) is 0 Å². The van der Waals surface area contributed by atoms with Gasteiger partial charge in [-0.25, -0.2) is 0 Å². The van der Waals surface area contributed by atoms with Crippen LogP contribution in [0.15, 0.2) is 21.1 Å². The molecular weight excluding hydrogens is 400 g/mol. The molecule has 0 radical (unpaired) electrons. The quantitative estimate of drug-likeness (QED) is 0.699. The molecule has 3 N–H and O–H groups in total. The Kier molecular flexibility index (Phi) is 5.71. The Morgan fingerprint density at radius 3 is 2.24 bits per heavy atom. The van der Waals surface area contributed by atoms with E-state index in [1.54, 1.807) is 0 Å². The molecule has 1 heterocycles. The van der Waals surface area contributed by atoms with Gasteiger partial charge in [0, 0.05) is 44.2 Å². The second kappa shape index (κ2) is 6.96. The van der Waals surface area contributed by atoms with E-state index in [0.29, 0.717) is 8.95 Å². The van der Waals surface area contributed by atoms with Crippen molar-refractivity contribution in [1.82, 2.24) is 10.2 Å². The van der Waals surface area contributed by atoms with Crippen molar-refractivity contribution in [1.29, 1.82) is 0 Å². The van der Waals surface area contributed by atoms with Crippen molar-refractivity contribution < 1.29 is 10.2 Å². The van der Waals surface area contributed by atoms with E-state index < -0.39 is 0 Å². The molecule has 2 rings (SSSR count). The number of nitrogens with zero attached hydrogens (tertiary/aromatic N) is 1. The highest BCUT2D eigenvalue weighted by molar-refractivity contribution is 9.11. The number of piperazine rings is 1. The van der Waals surface area contributed by atoms with Gasteiger partial charge in [-0.15, -0.1) is 0 Å². The molecule has 0 spiro atoms. The molecular formula is C15H22Br2N2O2. The van der Waals surface area contributed by atoms with E-state index in [0.717, 1.165) is 31.7 Å². The summed E-state index contributed by atoms with van der Waals surface area (Å²) < 4.78 is 1.33. The first-order chi connectivity index (χ1) is 9.86. The third kappa shape index (κ3) is 3.79. The SMILES string of the molecule is CC(C)(CO)[C@@H](c1cc(Br)c(O)c(Br)c1)N1CCNCC1. The summed E-state index contributed by atoms with van der Waals surface area (Å²) in [5.41, 5.74) is 0.820. The zero-order valence-electron chi connectivity index (χ0n) is 12.4. The Bertz CT molecular complexity index is 479. The lowest BCUT2D eigenvalue weighted by molar-refractivity contribution is 0.0304. The van der Waals surface area contributed by atoms with Crippen LogP contribution in [0.2, 0.25) is 0 Å². The maximum Gasteiger partial charge on any atom is 0.143 e. The van der Waals surface area contributed by atoms with Crippen LogP contribution in [0.1, 0.15) is 25.5 Å². The fraction of sp³-hybridized carbons (Fsp3) is 0.600. The molecule has 4 nitrogen and oxygen atoms in total. The molecule has 6 heteroatoms. The topological polar surface area (TPSA) is 55.7 Å². The van der Waals surface area contributed by atoms with Crippen LogP contribution in [0.5, 0.6) is 5.75 Å². The summed E-state index contributed by atoms with van der Waals surface area (Å²) in [5.74, 6) is 0.208. The van der Waals surface area contributed by atoms with Crippen molar-refractivity contribution in [2.75, 3.05) is 32.8 Å². The minimum Gasteiger partial charge on any atom is -0.506 e. The summed E-state index contributed by atoms with van der Waals surface area (Å²) in [6.45, 7) is 8.08. The van der Waals surface area contributed by atoms with E-state index in [9.17, 15) is 10.2 Å². The number of aromatic hydroxyl groups is 1. The van der Waals surface area contributed by atoms with Gasteiger partial charge >= 0.3 is 0 Å². The maximum absolute atomic E-state index is 9.92. The molecule has 0 amide bonds. The molecule has 0 unspecified atom stereocenters. The molecule has 0 saturated carbocycles. The minimum atomic E-state index is -0.271. The van der Waals surface area contributed by atoms with Gasteiger partial charge in [0.05, 0.1) is 8.95 Å². The van der Waals surface area contributed by atoms with Gasteiger partial charge in [-0.1, -0.05) is 13.8 Å². The summed E-state index contributed by atoms with van der Waals surface area (Å²) >= 11 is 6.81. The molecule has 1 fully saturated rings. The lowest BCUT2D eigenvalue weighted by Gasteiger charge is -2.43. The Hall–Kier alpha value is -0.140. The molecule has 1 atom stereocenters. The Balaban J connectivity index is 2.44. The molecule has 1 aliphatic heterocycles. The third-order valence-electron chi connectivity index (χ3n) is 4.02. The molecule has 118 valence electrons. The monoisotopic (exact) mass is 420 g/mol. The van der Waals surface area contributed by atoms with Crippen molar-refractivity contribution >= 4 is 31.9 Å². The second-order valence-electron chi connectivity index (χ2n) is 6.17. The van der Waals surface area contributed by atoms with Crippen LogP contribution < -0.4 is 5.32 Å². The van der Waals surface area contributed by atoms with E-state index in [1.807, 2.05) is 12.1 Å². The summed E-state index contributed by atoms with van der Waals surface area (Å²) in [6, 6.07) is 3.99. The first-order valence-corrected chi connectivity index (χ1v) is 8.69. The predicted molar refractivity (Wildman–Crippen MR) is 91.6 cm³/mol. The molecule has 1 aromatic carbocycles. The number of hydrogen-bond donors (Lipinski definition) is 3. The molecule has 1 aliphatic rings. The number of hydrogen-bond acceptors (Lipinski definition) is 4. The minimum absolute atomic E-state index is 0.0952. The zero-order valence-corrected chi connectivity index (χ0v) is 15.5. The van der Waals surface area contributed by atoms with Crippen LogP contribution in [0.4, 0.5) is 0 Å². The van der Waals surface area contributed by atoms with E-state index in [4.69, 9.17) is 0 Å². The van der Waals surface area contributed by atoms with Crippen molar-refractivity contribution in [3.8, 4) is 5.75 Å². The van der Waals surface area contributed by atoms with E-state index in [2.05, 4.69) is 55.9 Å². The van der Waals surface area contributed by atoms with Crippen molar-refractivity contribution in [2.45, 2.75) is 19.9 Å². The van der Waals surface area contributed by atoms with Gasteiger partial charge in [0.1, 0.15) is 5.75 Å². The average Bonchev–Trinajstić information content (AvgIpc) is 2.46. The summed E-state index contributed by atoms with van der Waals surface area (Å²) in [7, 11) is 0. The van der Waals surface area contributed by atoms with Crippen molar-refractivity contribution in [3.05, 3.63) is 26.6 Å². The Labute approximate surface area is 142 Å². The first-order valence-electron chi connectivity index (χ1n) is 7.10. The maximum atomic E-state index is 9.92. The van der Waals surface area contributed by atoms with Crippen LogP contribution in [-0.2, 0) is 0 Å². The number of phenolic OH excluding ortho intramolecular Hbond substituents is 1.